The Bertz CT molecular complexity index is 1520. The first kappa shape index (κ1) is 59.7. The quantitative estimate of drug-likeness (QED) is 0.184. The predicted octanol–water partition coefficient (Wildman–Crippen LogP) is 5.52. The zero-order valence-electron chi connectivity index (χ0n) is 33.3. The lowest BCUT2D eigenvalue weighted by atomic mass is 10.1. The van der Waals surface area contributed by atoms with Crippen molar-refractivity contribution in [2.75, 3.05) is 19.8 Å². The standard InChI is InChI=1S/C7H11NO.C7H10O.C6H13NO2S.C6H12O2S.C6H8O.C5H10O2S/c1-5-7(9)8(4)6(2)3;1-4-7(8)5-6(2)3;1-5-10(8,9)7(4)6(2)3;1-4-9(7,8)5-6(2)3;1-4-6(7)5(2)3;1-4-8(6,7)5(2)3/h1,6H,2-4H3;1,6H,5H2,2-3H3;5-6H,1H2,2-4H3;4,6H,1,5H2,2-3H3;1,5H,2-3H3;4-5H,1H2,2-3H3. The lowest BCUT2D eigenvalue weighted by Crippen LogP contribution is -2.31. The van der Waals surface area contributed by atoms with Crippen molar-refractivity contribution in [3.63, 3.8) is 0 Å². The number of sulfonamides is 1. The van der Waals surface area contributed by atoms with Crippen molar-refractivity contribution in [1.82, 2.24) is 9.21 Å². The molecule has 0 rings (SSSR count). The average Bonchev–Trinajstić information content (AvgIpc) is 3.03. The minimum Gasteiger partial charge on any atom is -0.333 e. The van der Waals surface area contributed by atoms with E-state index in [4.69, 9.17) is 19.3 Å². The molecule has 0 atom stereocenters. The van der Waals surface area contributed by atoms with Crippen LogP contribution in [0.2, 0.25) is 0 Å². The molecule has 0 saturated heterocycles. The Balaban J connectivity index is -0.000000120. The summed E-state index contributed by atoms with van der Waals surface area (Å²) in [6, 6.07) is 0.177. The minimum atomic E-state index is -3.20. The monoisotopic (exact) mass is 776 g/mol. The van der Waals surface area contributed by atoms with Gasteiger partial charge in [0.15, 0.2) is 19.7 Å². The lowest BCUT2D eigenvalue weighted by molar-refractivity contribution is -0.125. The molecule has 1 amide bonds. The van der Waals surface area contributed by atoms with E-state index in [2.05, 4.69) is 25.7 Å². The van der Waals surface area contributed by atoms with E-state index in [9.17, 15) is 39.6 Å². The third-order valence-corrected chi connectivity index (χ3v) is 10.8. The van der Waals surface area contributed by atoms with Crippen molar-refractivity contribution < 1.29 is 39.6 Å². The number of Topliss-reactive ketones (excluding diaryl/α,β-unsaturated/α-hetero) is 2. The number of nitrogens with zero attached hydrogens (tertiary/aromatic N) is 2. The summed E-state index contributed by atoms with van der Waals surface area (Å²) in [6.45, 7) is 31.5. The molecule has 0 radical (unpaired) electrons. The Hall–Kier alpha value is -3.48. The highest BCUT2D eigenvalue weighted by Gasteiger charge is 2.15. The van der Waals surface area contributed by atoms with Gasteiger partial charge in [-0.25, -0.2) is 25.3 Å². The highest BCUT2D eigenvalue weighted by Crippen LogP contribution is 2.03. The van der Waals surface area contributed by atoms with Crippen LogP contribution in [0.4, 0.5) is 0 Å². The van der Waals surface area contributed by atoms with Crippen LogP contribution in [0.25, 0.3) is 0 Å². The van der Waals surface area contributed by atoms with Crippen molar-refractivity contribution in [2.24, 2.45) is 17.8 Å². The Labute approximate surface area is 312 Å². The molecule has 0 unspecified atom stereocenters. The second-order valence-electron chi connectivity index (χ2n) is 12.5. The smallest absolute Gasteiger partial charge is 0.298 e. The predicted molar refractivity (Wildman–Crippen MR) is 214 cm³/mol. The maximum atomic E-state index is 10.9. The Kier molecular flexibility index (Phi) is 36.6. The average molecular weight is 777 g/mol. The van der Waals surface area contributed by atoms with Gasteiger partial charge in [0.1, 0.15) is 0 Å². The van der Waals surface area contributed by atoms with Gasteiger partial charge in [0.25, 0.3) is 5.91 Å². The zero-order chi connectivity index (χ0) is 42.5. The Morgan fingerprint density at radius 3 is 1.16 bits per heavy atom. The highest BCUT2D eigenvalue weighted by molar-refractivity contribution is 7.94. The van der Waals surface area contributed by atoms with Crippen molar-refractivity contribution in [1.29, 1.82) is 0 Å². The molecule has 294 valence electrons. The van der Waals surface area contributed by atoms with Crippen molar-refractivity contribution in [3.05, 3.63) is 36.0 Å². The van der Waals surface area contributed by atoms with Crippen LogP contribution in [-0.4, -0.2) is 89.1 Å². The van der Waals surface area contributed by atoms with Crippen LogP contribution >= 0.6 is 0 Å². The van der Waals surface area contributed by atoms with E-state index in [0.29, 0.717) is 12.3 Å². The van der Waals surface area contributed by atoms with Gasteiger partial charge in [-0.15, -0.1) is 19.3 Å². The van der Waals surface area contributed by atoms with Gasteiger partial charge < -0.3 is 4.90 Å². The first-order chi connectivity index (χ1) is 22.8. The topological polar surface area (TPSA) is 160 Å². The van der Waals surface area contributed by atoms with Crippen molar-refractivity contribution >= 4 is 47.2 Å². The van der Waals surface area contributed by atoms with Gasteiger partial charge in [-0.1, -0.05) is 61.3 Å². The van der Waals surface area contributed by atoms with Crippen LogP contribution < -0.4 is 0 Å². The number of sulfone groups is 2. The number of hydrogen-bond acceptors (Lipinski definition) is 9. The van der Waals surface area contributed by atoms with Gasteiger partial charge in [-0.2, -0.15) is 4.31 Å². The number of hydrogen-bond donors (Lipinski definition) is 0. The maximum absolute atomic E-state index is 10.9. The third-order valence-electron chi connectivity index (χ3n) is 5.69. The highest BCUT2D eigenvalue weighted by atomic mass is 32.2. The van der Waals surface area contributed by atoms with E-state index in [-0.39, 0.29) is 52.4 Å². The first-order valence-electron chi connectivity index (χ1n) is 15.9. The van der Waals surface area contributed by atoms with Crippen LogP contribution in [-0.2, 0) is 44.1 Å². The number of terminal acetylenes is 3. The molecule has 0 aromatic carbocycles. The summed E-state index contributed by atoms with van der Waals surface area (Å²) in [7, 11) is -5.91. The maximum Gasteiger partial charge on any atom is 0.298 e. The molecule has 0 aliphatic rings. The Morgan fingerprint density at radius 1 is 0.647 bits per heavy atom. The van der Waals surface area contributed by atoms with Gasteiger partial charge >= 0.3 is 0 Å². The summed E-state index contributed by atoms with van der Waals surface area (Å²) in [5, 5.41) is 2.61. The Morgan fingerprint density at radius 2 is 1.08 bits per heavy atom. The number of carbonyl (C=O) groups excluding carboxylic acids is 3. The summed E-state index contributed by atoms with van der Waals surface area (Å²) in [6.07, 6.45) is 15.0. The number of rotatable bonds is 12. The van der Waals surface area contributed by atoms with Gasteiger partial charge in [-0.05, 0) is 71.1 Å². The lowest BCUT2D eigenvalue weighted by Gasteiger charge is -2.17. The summed E-state index contributed by atoms with van der Waals surface area (Å²) in [4.78, 5) is 32.8. The van der Waals surface area contributed by atoms with Crippen LogP contribution in [0.1, 0.15) is 89.5 Å². The molecular weight excluding hydrogens is 713 g/mol. The number of ketones is 2. The van der Waals surface area contributed by atoms with Gasteiger partial charge in [0.05, 0.1) is 11.0 Å². The van der Waals surface area contributed by atoms with E-state index in [0.717, 1.165) is 16.2 Å². The SMILES string of the molecule is C#CC(=O)C(C)C.C#CC(=O)CC(C)C.C#CC(=O)N(C)C(C)C.C=CS(=O)(=O)C(C)C.C=CS(=O)(=O)CC(C)C.C=CS(=O)(=O)N(C)C(C)C. The van der Waals surface area contributed by atoms with E-state index in [1.54, 1.807) is 48.6 Å². The van der Waals surface area contributed by atoms with E-state index >= 15 is 0 Å². The first-order valence-corrected chi connectivity index (χ1v) is 20.7. The van der Waals surface area contributed by atoms with Gasteiger partial charge in [-0.3, -0.25) is 14.4 Å². The van der Waals surface area contributed by atoms with Crippen molar-refractivity contribution in [2.45, 2.75) is 107 Å². The van der Waals surface area contributed by atoms with E-state index in [1.165, 1.54) is 16.3 Å². The molecule has 0 spiro atoms. The second-order valence-corrected chi connectivity index (χ2v) is 18.9. The normalized spacial score (nSPS) is 10.5. The number of amides is 1. The molecular formula is C37H64N2O9S3. The second kappa shape index (κ2) is 31.3. The van der Waals surface area contributed by atoms with Gasteiger partial charge in [0.2, 0.25) is 21.6 Å². The third kappa shape index (κ3) is 39.2. The summed E-state index contributed by atoms with van der Waals surface area (Å²) in [5.74, 6) is 6.41. The molecule has 0 aliphatic carbocycles. The molecule has 0 fully saturated rings. The zero-order valence-corrected chi connectivity index (χ0v) is 35.7. The van der Waals surface area contributed by atoms with E-state index < -0.39 is 29.7 Å². The molecule has 0 bridgehead atoms. The molecule has 11 nitrogen and oxygen atoms in total. The fourth-order valence-corrected chi connectivity index (χ4v) is 4.34. The summed E-state index contributed by atoms with van der Waals surface area (Å²) >= 11 is 0. The van der Waals surface area contributed by atoms with Crippen molar-refractivity contribution in [3.8, 4) is 37.0 Å². The summed E-state index contributed by atoms with van der Waals surface area (Å²) < 4.78 is 65.7. The molecule has 0 heterocycles. The molecule has 51 heavy (non-hydrogen) atoms. The van der Waals surface area contributed by atoms with Crippen LogP contribution in [0.5, 0.6) is 0 Å². The van der Waals surface area contributed by atoms with Crippen LogP contribution in [0.15, 0.2) is 36.0 Å². The molecule has 0 N–H and O–H groups in total. The van der Waals surface area contributed by atoms with E-state index in [1.807, 2.05) is 53.4 Å². The molecule has 0 aromatic heterocycles. The molecule has 0 aliphatic heterocycles. The fourth-order valence-electron chi connectivity index (χ4n) is 2.07. The molecule has 14 heteroatoms. The molecule has 0 aromatic rings. The summed E-state index contributed by atoms with van der Waals surface area (Å²) in [5.41, 5.74) is 0. The number of carbonyl (C=O) groups is 3. The van der Waals surface area contributed by atoms with Crippen LogP contribution in [0.3, 0.4) is 0 Å². The van der Waals surface area contributed by atoms with Crippen LogP contribution in [0, 0.1) is 54.8 Å². The largest absolute Gasteiger partial charge is 0.333 e. The van der Waals surface area contributed by atoms with Gasteiger partial charge in [0, 0.05) is 54.7 Å². The fraction of sp³-hybridized carbons (Fsp3) is 0.595. The minimum absolute atomic E-state index is 0.00926. The molecule has 0 saturated carbocycles.